The first-order valence-electron chi connectivity index (χ1n) is 4.63. The first kappa shape index (κ1) is 10.1. The lowest BCUT2D eigenvalue weighted by Crippen LogP contribution is -2.17. The van der Waals surface area contributed by atoms with Crippen LogP contribution < -0.4 is 5.43 Å². The van der Waals surface area contributed by atoms with E-state index in [0.717, 1.165) is 0 Å². The van der Waals surface area contributed by atoms with Crippen LogP contribution in [0, 0.1) is 0 Å². The Morgan fingerprint density at radius 2 is 2.38 bits per heavy atom. The molecule has 0 radical (unpaired) electrons. The molecule has 0 bridgehead atoms. The number of carbonyl (C=O) groups excluding carboxylic acids is 1. The van der Waals surface area contributed by atoms with E-state index >= 15 is 0 Å². The van der Waals surface area contributed by atoms with E-state index in [1.54, 1.807) is 30.5 Å². The summed E-state index contributed by atoms with van der Waals surface area (Å²) in [6.45, 7) is 0. The van der Waals surface area contributed by atoms with Crippen LogP contribution in [0.5, 0.6) is 0 Å². The first-order chi connectivity index (χ1) is 7.86. The Bertz CT molecular complexity index is 477. The van der Waals surface area contributed by atoms with Crippen LogP contribution in [0.4, 0.5) is 0 Å². The van der Waals surface area contributed by atoms with Crippen molar-refractivity contribution in [3.05, 3.63) is 54.2 Å². The molecule has 0 aliphatic heterocycles. The number of hydrogen-bond acceptors (Lipinski definition) is 4. The minimum absolute atomic E-state index is 0.309. The van der Waals surface area contributed by atoms with E-state index in [1.165, 1.54) is 18.7 Å². The molecule has 0 saturated heterocycles. The van der Waals surface area contributed by atoms with Crippen LogP contribution in [0.2, 0.25) is 0 Å². The topological polar surface area (TPSA) is 67.5 Å². The predicted molar refractivity (Wildman–Crippen MR) is 58.0 cm³/mol. The van der Waals surface area contributed by atoms with Gasteiger partial charge in [0.15, 0.2) is 0 Å². The SMILES string of the molecule is O=C(N/N=C/c1ccco1)c1cccnc1. The monoisotopic (exact) mass is 215 g/mol. The lowest BCUT2D eigenvalue weighted by molar-refractivity contribution is 0.0955. The molecular weight excluding hydrogens is 206 g/mol. The summed E-state index contributed by atoms with van der Waals surface area (Å²) >= 11 is 0. The van der Waals surface area contributed by atoms with E-state index < -0.39 is 0 Å². The van der Waals surface area contributed by atoms with Crippen LogP contribution in [-0.4, -0.2) is 17.1 Å². The molecule has 2 heterocycles. The zero-order valence-corrected chi connectivity index (χ0v) is 8.33. The highest BCUT2D eigenvalue weighted by Gasteiger charge is 2.02. The van der Waals surface area contributed by atoms with Crippen LogP contribution in [0.25, 0.3) is 0 Å². The van der Waals surface area contributed by atoms with E-state index in [-0.39, 0.29) is 5.91 Å². The summed E-state index contributed by atoms with van der Waals surface area (Å²) in [4.78, 5) is 15.3. The molecule has 0 aliphatic carbocycles. The Kier molecular flexibility index (Phi) is 3.08. The van der Waals surface area contributed by atoms with Crippen molar-refractivity contribution < 1.29 is 9.21 Å². The van der Waals surface area contributed by atoms with Crippen LogP contribution in [-0.2, 0) is 0 Å². The van der Waals surface area contributed by atoms with E-state index in [1.807, 2.05) is 0 Å². The van der Waals surface area contributed by atoms with E-state index in [9.17, 15) is 4.79 Å². The average molecular weight is 215 g/mol. The zero-order chi connectivity index (χ0) is 11.2. The highest BCUT2D eigenvalue weighted by atomic mass is 16.3. The number of nitrogens with one attached hydrogen (secondary N) is 1. The zero-order valence-electron chi connectivity index (χ0n) is 8.33. The predicted octanol–water partition coefficient (Wildman–Crippen LogP) is 1.44. The molecule has 0 atom stereocenters. The summed E-state index contributed by atoms with van der Waals surface area (Å²) in [5.41, 5.74) is 2.83. The molecule has 5 nitrogen and oxygen atoms in total. The maximum Gasteiger partial charge on any atom is 0.272 e. The van der Waals surface area contributed by atoms with Crippen molar-refractivity contribution in [1.29, 1.82) is 0 Å². The van der Waals surface area contributed by atoms with Crippen molar-refractivity contribution in [3.63, 3.8) is 0 Å². The summed E-state index contributed by atoms with van der Waals surface area (Å²) in [5, 5.41) is 3.74. The Hall–Kier alpha value is -2.43. The van der Waals surface area contributed by atoms with Crippen molar-refractivity contribution in [2.75, 3.05) is 0 Å². The minimum Gasteiger partial charge on any atom is -0.463 e. The van der Waals surface area contributed by atoms with Gasteiger partial charge in [-0.1, -0.05) is 0 Å². The van der Waals surface area contributed by atoms with E-state index in [4.69, 9.17) is 4.42 Å². The van der Waals surface area contributed by atoms with Crippen molar-refractivity contribution in [2.45, 2.75) is 0 Å². The fourth-order valence-electron chi connectivity index (χ4n) is 1.08. The van der Waals surface area contributed by atoms with Crippen molar-refractivity contribution in [1.82, 2.24) is 10.4 Å². The third-order valence-corrected chi connectivity index (χ3v) is 1.82. The largest absolute Gasteiger partial charge is 0.463 e. The summed E-state index contributed by atoms with van der Waals surface area (Å²) in [6, 6.07) is 6.82. The quantitative estimate of drug-likeness (QED) is 0.622. The van der Waals surface area contributed by atoms with Gasteiger partial charge in [0.25, 0.3) is 5.91 Å². The Morgan fingerprint density at radius 3 is 3.06 bits per heavy atom. The van der Waals surface area contributed by atoms with Crippen molar-refractivity contribution >= 4 is 12.1 Å². The lowest BCUT2D eigenvalue weighted by Gasteiger charge is -1.97. The van der Waals surface area contributed by atoms with Gasteiger partial charge in [0.1, 0.15) is 5.76 Å². The van der Waals surface area contributed by atoms with E-state index in [2.05, 4.69) is 15.5 Å². The number of furan rings is 1. The van der Waals surface area contributed by atoms with Gasteiger partial charge in [-0.2, -0.15) is 5.10 Å². The third-order valence-electron chi connectivity index (χ3n) is 1.82. The van der Waals surface area contributed by atoms with Gasteiger partial charge in [-0.05, 0) is 24.3 Å². The molecule has 0 spiro atoms. The molecule has 0 aromatic carbocycles. The molecule has 5 heteroatoms. The fourth-order valence-corrected chi connectivity index (χ4v) is 1.08. The number of amides is 1. The molecule has 0 fully saturated rings. The molecule has 80 valence electrons. The molecule has 2 rings (SSSR count). The van der Waals surface area contributed by atoms with Gasteiger partial charge in [0, 0.05) is 12.4 Å². The highest BCUT2D eigenvalue weighted by molar-refractivity contribution is 5.94. The highest BCUT2D eigenvalue weighted by Crippen LogP contribution is 1.96. The first-order valence-corrected chi connectivity index (χ1v) is 4.63. The maximum atomic E-state index is 11.5. The minimum atomic E-state index is -0.309. The number of hydrogen-bond donors (Lipinski definition) is 1. The van der Waals surface area contributed by atoms with E-state index in [0.29, 0.717) is 11.3 Å². The van der Waals surface area contributed by atoms with Crippen LogP contribution in [0.3, 0.4) is 0 Å². The summed E-state index contributed by atoms with van der Waals surface area (Å²) in [6.07, 6.45) is 6.03. The standard InChI is InChI=1S/C11H9N3O2/c15-11(9-3-1-5-12-7-9)14-13-8-10-4-2-6-16-10/h1-8H,(H,14,15)/b13-8+. The molecule has 1 N–H and O–H groups in total. The van der Waals surface area contributed by atoms with Crippen LogP contribution >= 0.6 is 0 Å². The molecule has 0 unspecified atom stereocenters. The number of hydrazone groups is 1. The third kappa shape index (κ3) is 2.54. The Labute approximate surface area is 91.8 Å². The summed E-state index contributed by atoms with van der Waals surface area (Å²) in [7, 11) is 0. The van der Waals surface area contributed by atoms with Gasteiger partial charge in [-0.15, -0.1) is 0 Å². The molecule has 1 amide bonds. The average Bonchev–Trinajstić information content (AvgIpc) is 2.83. The normalized spacial score (nSPS) is 10.5. The van der Waals surface area contributed by atoms with Crippen LogP contribution in [0.15, 0.2) is 52.4 Å². The van der Waals surface area contributed by atoms with Gasteiger partial charge in [-0.25, -0.2) is 5.43 Å². The summed E-state index contributed by atoms with van der Waals surface area (Å²) < 4.78 is 5.01. The fraction of sp³-hybridized carbons (Fsp3) is 0. The maximum absolute atomic E-state index is 11.5. The number of aromatic nitrogens is 1. The van der Waals surface area contributed by atoms with Crippen molar-refractivity contribution in [2.24, 2.45) is 5.10 Å². The molecule has 2 aromatic rings. The van der Waals surface area contributed by atoms with Gasteiger partial charge in [-0.3, -0.25) is 9.78 Å². The Balaban J connectivity index is 1.94. The number of rotatable bonds is 3. The second-order valence-corrected chi connectivity index (χ2v) is 2.96. The molecular formula is C11H9N3O2. The van der Waals surface area contributed by atoms with Crippen LogP contribution in [0.1, 0.15) is 16.1 Å². The second kappa shape index (κ2) is 4.88. The van der Waals surface area contributed by atoms with Gasteiger partial charge in [0.2, 0.25) is 0 Å². The van der Waals surface area contributed by atoms with Crippen molar-refractivity contribution in [3.8, 4) is 0 Å². The second-order valence-electron chi connectivity index (χ2n) is 2.96. The number of carbonyl (C=O) groups is 1. The van der Waals surface area contributed by atoms with Gasteiger partial charge in [0.05, 0.1) is 18.0 Å². The molecule has 16 heavy (non-hydrogen) atoms. The number of nitrogens with zero attached hydrogens (tertiary/aromatic N) is 2. The van der Waals surface area contributed by atoms with Gasteiger partial charge < -0.3 is 4.42 Å². The molecule has 2 aromatic heterocycles. The molecule has 0 aliphatic rings. The Morgan fingerprint density at radius 1 is 1.44 bits per heavy atom. The van der Waals surface area contributed by atoms with Gasteiger partial charge >= 0.3 is 0 Å². The smallest absolute Gasteiger partial charge is 0.272 e. The number of pyridine rings is 1. The summed E-state index contributed by atoms with van der Waals surface area (Å²) in [5.74, 6) is 0.266. The lowest BCUT2D eigenvalue weighted by atomic mass is 10.3. The molecule has 0 saturated carbocycles.